The minimum atomic E-state index is -4.76. The van der Waals surface area contributed by atoms with Gasteiger partial charge in [0, 0.05) is 25.4 Å². The van der Waals surface area contributed by atoms with Gasteiger partial charge in [-0.15, -0.1) is 0 Å². The number of carboxylic acid groups (broad SMARTS) is 1. The van der Waals surface area contributed by atoms with Gasteiger partial charge in [0.15, 0.2) is 0 Å². The molecule has 5 rings (SSSR count). The molecule has 208 valence electrons. The first-order chi connectivity index (χ1) is 17.8. The van der Waals surface area contributed by atoms with Crippen LogP contribution in [0.2, 0.25) is 0 Å². The Kier molecular flexibility index (Phi) is 8.02. The van der Waals surface area contributed by atoms with E-state index in [4.69, 9.17) is 9.84 Å². The Hall–Kier alpha value is -2.75. The molecule has 2 aromatic carbocycles. The summed E-state index contributed by atoms with van der Waals surface area (Å²) >= 11 is 0. The molecule has 2 N–H and O–H groups in total. The molecule has 1 heterocycles. The minimum absolute atomic E-state index is 0.192. The molecule has 1 unspecified atom stereocenters. The van der Waals surface area contributed by atoms with Gasteiger partial charge >= 0.3 is 18.3 Å². The highest BCUT2D eigenvalue weighted by Crippen LogP contribution is 2.46. The topological polar surface area (TPSA) is 58.6 Å². The molecule has 1 aliphatic heterocycles. The van der Waals surface area contributed by atoms with Crippen molar-refractivity contribution in [2.24, 2.45) is 5.92 Å². The zero-order chi connectivity index (χ0) is 27.7. The molecule has 38 heavy (non-hydrogen) atoms. The van der Waals surface area contributed by atoms with Crippen LogP contribution < -0.4 is 10.1 Å². The van der Waals surface area contributed by atoms with E-state index < -0.39 is 46.5 Å². The van der Waals surface area contributed by atoms with Crippen LogP contribution in [0.15, 0.2) is 36.4 Å². The molecular weight excluding hydrogens is 512 g/mol. The predicted octanol–water partition coefficient (Wildman–Crippen LogP) is 7.17. The Bertz CT molecular complexity index is 1150. The van der Waals surface area contributed by atoms with Crippen molar-refractivity contribution in [2.75, 3.05) is 0 Å². The number of ether oxygens (including phenoxy) is 1. The first-order valence-corrected chi connectivity index (χ1v) is 12.8. The maximum absolute atomic E-state index is 13.3. The highest BCUT2D eigenvalue weighted by atomic mass is 19.4. The van der Waals surface area contributed by atoms with E-state index in [2.05, 4.69) is 5.32 Å². The molecule has 2 aromatic rings. The van der Waals surface area contributed by atoms with E-state index in [1.54, 1.807) is 6.92 Å². The van der Waals surface area contributed by atoms with Gasteiger partial charge in [-0.2, -0.15) is 26.3 Å². The normalized spacial score (nSPS) is 22.9. The Morgan fingerprint density at radius 1 is 1.05 bits per heavy atom. The third-order valence-corrected chi connectivity index (χ3v) is 7.18. The summed E-state index contributed by atoms with van der Waals surface area (Å²) in [5.74, 6) is -0.746. The molecule has 1 spiro atoms. The second kappa shape index (κ2) is 10.8. The fourth-order valence-electron chi connectivity index (χ4n) is 4.83. The molecule has 2 saturated carbocycles. The Morgan fingerprint density at radius 2 is 1.74 bits per heavy atom. The van der Waals surface area contributed by atoms with Gasteiger partial charge in [0.05, 0.1) is 17.0 Å². The number of alkyl halides is 6. The third-order valence-electron chi connectivity index (χ3n) is 7.18. The quantitative estimate of drug-likeness (QED) is 0.379. The summed E-state index contributed by atoms with van der Waals surface area (Å²) in [7, 11) is 0. The molecule has 10 heteroatoms. The van der Waals surface area contributed by atoms with Crippen molar-refractivity contribution in [2.45, 2.75) is 88.8 Å². The zero-order valence-electron chi connectivity index (χ0n) is 21.0. The first kappa shape index (κ1) is 28.3. The lowest BCUT2D eigenvalue weighted by molar-refractivity contribution is -0.142. The number of hydrogen-bond donors (Lipinski definition) is 2. The van der Waals surface area contributed by atoms with Crippen LogP contribution in [0, 0.1) is 5.92 Å². The molecule has 0 bridgehead atoms. The summed E-state index contributed by atoms with van der Waals surface area (Å²) < 4.78 is 85.3. The van der Waals surface area contributed by atoms with E-state index in [0.717, 1.165) is 24.0 Å². The number of nitrogens with one attached hydrogen (secondary N) is 1. The zero-order valence-corrected chi connectivity index (χ0v) is 21.0. The molecule has 0 saturated heterocycles. The number of carboxylic acids is 1. The number of halogens is 6. The van der Waals surface area contributed by atoms with Crippen LogP contribution in [0.1, 0.15) is 73.3 Å². The molecule has 0 amide bonds. The molecule has 3 aliphatic rings. The molecule has 0 radical (unpaired) electrons. The largest absolute Gasteiger partial charge is 0.487 e. The van der Waals surface area contributed by atoms with Gasteiger partial charge in [-0.25, -0.2) is 0 Å². The van der Waals surface area contributed by atoms with Crippen LogP contribution in [0.5, 0.6) is 5.75 Å². The van der Waals surface area contributed by atoms with Gasteiger partial charge in [0.25, 0.3) is 0 Å². The molecule has 4 nitrogen and oxygen atoms in total. The fraction of sp³-hybridized carbons (Fsp3) is 0.536. The molecule has 0 aromatic heterocycles. The number of rotatable bonds is 6. The molecule has 1 atom stereocenters. The third kappa shape index (κ3) is 7.01. The van der Waals surface area contributed by atoms with Crippen molar-refractivity contribution in [3.8, 4) is 5.75 Å². The van der Waals surface area contributed by atoms with Crippen molar-refractivity contribution >= 4 is 5.97 Å². The summed E-state index contributed by atoms with van der Waals surface area (Å²) in [6, 6.07) is 6.94. The van der Waals surface area contributed by atoms with Gasteiger partial charge in [-0.05, 0) is 60.2 Å². The highest BCUT2D eigenvalue weighted by Gasteiger charge is 2.48. The SMILES string of the molecule is C1CC1.CC(Cc1ccc2c(c1)OC1(CC2)CC(NCc2cc(C(F)(F)F)ccc2C(F)(F)F)C1)C(=O)O. The maximum Gasteiger partial charge on any atom is 0.416 e. The smallest absolute Gasteiger partial charge is 0.416 e. The van der Waals surface area contributed by atoms with Crippen LogP contribution in [0.4, 0.5) is 26.3 Å². The number of aliphatic carboxylic acids is 1. The molecule has 2 aliphatic carbocycles. The average Bonchev–Trinajstić information content (AvgIpc) is 3.69. The van der Waals surface area contributed by atoms with Gasteiger partial charge < -0.3 is 15.2 Å². The van der Waals surface area contributed by atoms with E-state index >= 15 is 0 Å². The van der Waals surface area contributed by atoms with E-state index in [-0.39, 0.29) is 12.6 Å². The summed E-state index contributed by atoms with van der Waals surface area (Å²) in [5, 5.41) is 12.1. The van der Waals surface area contributed by atoms with Crippen molar-refractivity contribution in [3.63, 3.8) is 0 Å². The lowest BCUT2D eigenvalue weighted by Crippen LogP contribution is -2.58. The van der Waals surface area contributed by atoms with Crippen molar-refractivity contribution < 1.29 is 41.0 Å². The minimum Gasteiger partial charge on any atom is -0.487 e. The Balaban J connectivity index is 0.00000105. The average molecular weight is 544 g/mol. The van der Waals surface area contributed by atoms with Crippen LogP contribution in [0.3, 0.4) is 0 Å². The van der Waals surface area contributed by atoms with Crippen LogP contribution in [-0.2, 0) is 36.5 Å². The van der Waals surface area contributed by atoms with E-state index in [1.807, 2.05) is 18.2 Å². The number of carbonyl (C=O) groups is 1. The number of fused-ring (bicyclic) bond motifs is 1. The summed E-state index contributed by atoms with van der Waals surface area (Å²) in [5.41, 5.74) is -1.28. The van der Waals surface area contributed by atoms with Crippen LogP contribution >= 0.6 is 0 Å². The van der Waals surface area contributed by atoms with E-state index in [9.17, 15) is 31.1 Å². The number of hydrogen-bond acceptors (Lipinski definition) is 3. The van der Waals surface area contributed by atoms with Gasteiger partial charge in [-0.1, -0.05) is 38.3 Å². The summed E-state index contributed by atoms with van der Waals surface area (Å²) in [6.07, 6.45) is -2.12. The predicted molar refractivity (Wildman–Crippen MR) is 129 cm³/mol. The first-order valence-electron chi connectivity index (χ1n) is 12.8. The molecule has 2 fully saturated rings. The standard InChI is InChI=1S/C25H25F6NO3.C3H6/c1-14(22(33)34)8-15-2-3-16-6-7-23(35-21(16)9-15)11-19(12-23)32-13-17-10-18(24(26,27)28)4-5-20(17)25(29,30)31;1-2-3-1/h2-5,9-10,14,19,32H,6-8,11-13H2,1H3,(H,33,34);1-3H2. The van der Waals surface area contributed by atoms with E-state index in [0.29, 0.717) is 43.2 Å². The number of benzene rings is 2. The lowest BCUT2D eigenvalue weighted by atomic mass is 9.70. The maximum atomic E-state index is 13.3. The van der Waals surface area contributed by atoms with Gasteiger partial charge in [0.1, 0.15) is 11.4 Å². The monoisotopic (exact) mass is 543 g/mol. The van der Waals surface area contributed by atoms with Gasteiger partial charge in [-0.3, -0.25) is 4.79 Å². The summed E-state index contributed by atoms with van der Waals surface area (Å²) in [4.78, 5) is 11.1. The number of aryl methyl sites for hydroxylation is 1. The van der Waals surface area contributed by atoms with E-state index in [1.165, 1.54) is 19.3 Å². The second-order valence-electron chi connectivity index (χ2n) is 10.6. The lowest BCUT2D eigenvalue weighted by Gasteiger charge is -2.50. The van der Waals surface area contributed by atoms with Crippen LogP contribution in [0.25, 0.3) is 0 Å². The molecular formula is C28H31F6NO3. The Labute approximate surface area is 217 Å². The van der Waals surface area contributed by atoms with Crippen LogP contribution in [-0.4, -0.2) is 22.7 Å². The Morgan fingerprint density at radius 3 is 2.32 bits per heavy atom. The summed E-state index contributed by atoms with van der Waals surface area (Å²) in [6.45, 7) is 1.29. The second-order valence-corrected chi connectivity index (χ2v) is 10.6. The van der Waals surface area contributed by atoms with Gasteiger partial charge in [0.2, 0.25) is 0 Å². The van der Waals surface area contributed by atoms with Crippen molar-refractivity contribution in [1.82, 2.24) is 5.32 Å². The van der Waals surface area contributed by atoms with Crippen molar-refractivity contribution in [3.05, 3.63) is 64.2 Å². The van der Waals surface area contributed by atoms with Crippen molar-refractivity contribution in [1.29, 1.82) is 0 Å². The fourth-order valence-corrected chi connectivity index (χ4v) is 4.83. The highest BCUT2D eigenvalue weighted by molar-refractivity contribution is 5.70.